The van der Waals surface area contributed by atoms with Crippen LogP contribution in [0.15, 0.2) is 30.6 Å². The molecule has 0 atom stereocenters. The number of piperidine rings is 1. The normalized spacial score (nSPS) is 18.9. The first-order valence-corrected chi connectivity index (χ1v) is 11.3. The topological polar surface area (TPSA) is 81.8 Å². The predicted molar refractivity (Wildman–Crippen MR) is 121 cm³/mol. The van der Waals surface area contributed by atoms with Crippen molar-refractivity contribution in [1.29, 1.82) is 0 Å². The van der Waals surface area contributed by atoms with Gasteiger partial charge in [-0.2, -0.15) is 0 Å². The van der Waals surface area contributed by atoms with Gasteiger partial charge in [-0.05, 0) is 43.4 Å². The fourth-order valence-electron chi connectivity index (χ4n) is 4.78. The third-order valence-electron chi connectivity index (χ3n) is 6.66. The molecular formula is C24H33N5O3. The predicted octanol–water partition coefficient (Wildman–Crippen LogP) is 3.18. The molecule has 172 valence electrons. The number of methoxy groups -OCH3 is 1. The van der Waals surface area contributed by atoms with Gasteiger partial charge in [0.15, 0.2) is 0 Å². The van der Waals surface area contributed by atoms with Gasteiger partial charge in [0, 0.05) is 31.9 Å². The number of amides is 3. The van der Waals surface area contributed by atoms with Crippen molar-refractivity contribution in [1.82, 2.24) is 24.7 Å². The van der Waals surface area contributed by atoms with E-state index in [9.17, 15) is 9.59 Å². The van der Waals surface area contributed by atoms with E-state index in [1.54, 1.807) is 13.4 Å². The average Bonchev–Trinajstić information content (AvgIpc) is 3.26. The Bertz CT molecular complexity index is 960. The maximum Gasteiger partial charge on any atom is 0.327 e. The van der Waals surface area contributed by atoms with E-state index in [0.717, 1.165) is 42.3 Å². The van der Waals surface area contributed by atoms with E-state index in [-0.39, 0.29) is 24.4 Å². The summed E-state index contributed by atoms with van der Waals surface area (Å²) in [6, 6.07) is 7.36. The van der Waals surface area contributed by atoms with Gasteiger partial charge < -0.3 is 14.6 Å². The highest BCUT2D eigenvalue weighted by Gasteiger charge is 2.57. The molecule has 2 fully saturated rings. The minimum atomic E-state index is -0.745. The molecule has 2 aromatic rings. The van der Waals surface area contributed by atoms with Crippen LogP contribution in [-0.2, 0) is 17.9 Å². The number of rotatable bonds is 7. The lowest BCUT2D eigenvalue weighted by molar-refractivity contribution is -0.136. The smallest absolute Gasteiger partial charge is 0.327 e. The zero-order valence-electron chi connectivity index (χ0n) is 19.4. The van der Waals surface area contributed by atoms with Crippen molar-refractivity contribution in [2.24, 2.45) is 5.92 Å². The molecule has 2 aliphatic rings. The van der Waals surface area contributed by atoms with Crippen LogP contribution in [0.4, 0.5) is 4.79 Å². The monoisotopic (exact) mass is 439 g/mol. The van der Waals surface area contributed by atoms with Crippen LogP contribution in [-0.4, -0.2) is 68.9 Å². The first kappa shape index (κ1) is 22.3. The molecule has 0 bridgehead atoms. The summed E-state index contributed by atoms with van der Waals surface area (Å²) in [5.41, 5.74) is 2.28. The fraction of sp³-hybridized carbons (Fsp3) is 0.542. The number of benzene rings is 1. The Hall–Kier alpha value is -2.87. The maximum absolute atomic E-state index is 13.7. The van der Waals surface area contributed by atoms with Crippen molar-refractivity contribution >= 4 is 11.9 Å². The fourth-order valence-corrected chi connectivity index (χ4v) is 4.78. The summed E-state index contributed by atoms with van der Waals surface area (Å²) in [5.74, 6) is 0.981. The molecule has 0 radical (unpaired) electrons. The van der Waals surface area contributed by atoms with Gasteiger partial charge in [-0.1, -0.05) is 26.0 Å². The van der Waals surface area contributed by atoms with E-state index < -0.39 is 5.54 Å². The van der Waals surface area contributed by atoms with E-state index >= 15 is 0 Å². The largest absolute Gasteiger partial charge is 0.497 e. The van der Waals surface area contributed by atoms with E-state index in [1.807, 2.05) is 36.1 Å². The van der Waals surface area contributed by atoms with Gasteiger partial charge >= 0.3 is 6.03 Å². The zero-order valence-corrected chi connectivity index (χ0v) is 19.4. The number of nitrogens with one attached hydrogen (secondary N) is 1. The Kier molecular flexibility index (Phi) is 6.24. The van der Waals surface area contributed by atoms with Crippen LogP contribution in [0, 0.1) is 12.8 Å². The van der Waals surface area contributed by atoms with Crippen molar-refractivity contribution in [3.8, 4) is 5.75 Å². The van der Waals surface area contributed by atoms with Gasteiger partial charge in [0.1, 0.15) is 11.3 Å². The minimum Gasteiger partial charge on any atom is -0.497 e. The summed E-state index contributed by atoms with van der Waals surface area (Å²) in [5, 5.41) is 0. The van der Waals surface area contributed by atoms with Gasteiger partial charge in [0.25, 0.3) is 5.91 Å². The Morgan fingerprint density at radius 3 is 2.38 bits per heavy atom. The molecule has 8 nitrogen and oxygen atoms in total. The lowest BCUT2D eigenvalue weighted by atomic mass is 9.85. The first-order valence-electron chi connectivity index (χ1n) is 11.3. The van der Waals surface area contributed by atoms with Crippen molar-refractivity contribution in [3.05, 3.63) is 47.5 Å². The number of aromatic amines is 1. The molecule has 1 N–H and O–H groups in total. The number of ether oxygens (including phenoxy) is 1. The van der Waals surface area contributed by atoms with Crippen molar-refractivity contribution in [3.63, 3.8) is 0 Å². The van der Waals surface area contributed by atoms with Gasteiger partial charge in [-0.3, -0.25) is 14.6 Å². The molecule has 4 rings (SSSR count). The van der Waals surface area contributed by atoms with Crippen LogP contribution in [0.2, 0.25) is 0 Å². The van der Waals surface area contributed by atoms with Gasteiger partial charge in [-0.15, -0.1) is 0 Å². The molecule has 0 saturated carbocycles. The number of imidazole rings is 1. The Labute approximate surface area is 189 Å². The molecule has 0 aliphatic carbocycles. The molecular weight excluding hydrogens is 406 g/mol. The first-order chi connectivity index (χ1) is 15.3. The number of carbonyl (C=O) groups excluding carboxylic acids is 2. The summed E-state index contributed by atoms with van der Waals surface area (Å²) in [6.07, 6.45) is 3.01. The molecule has 2 aliphatic heterocycles. The van der Waals surface area contributed by atoms with Crippen LogP contribution >= 0.6 is 0 Å². The Morgan fingerprint density at radius 1 is 1.12 bits per heavy atom. The Morgan fingerprint density at radius 2 is 1.81 bits per heavy atom. The number of urea groups is 1. The molecule has 0 unspecified atom stereocenters. The second-order valence-corrected chi connectivity index (χ2v) is 9.31. The van der Waals surface area contributed by atoms with Crippen molar-refractivity contribution in [2.45, 2.75) is 52.2 Å². The number of hydrogen-bond donors (Lipinski definition) is 1. The summed E-state index contributed by atoms with van der Waals surface area (Å²) < 4.78 is 5.22. The standard InChI is InChI=1S/C24H33N5O3/c1-17(2)13-29-23(31)28(14-19-5-7-20(32-4)8-6-19)22(30)24(29)9-11-27(12-10-24)15-21-18(3)25-16-26-21/h5-8,16-17H,9-15H2,1-4H3,(H,25,26). The second-order valence-electron chi connectivity index (χ2n) is 9.31. The number of aromatic nitrogens is 2. The molecule has 1 spiro atoms. The maximum atomic E-state index is 13.7. The highest BCUT2D eigenvalue weighted by molar-refractivity contribution is 6.07. The van der Waals surface area contributed by atoms with Crippen molar-refractivity contribution < 1.29 is 14.3 Å². The minimum absolute atomic E-state index is 0.0606. The van der Waals surface area contributed by atoms with Gasteiger partial charge in [-0.25, -0.2) is 9.78 Å². The van der Waals surface area contributed by atoms with Gasteiger partial charge in [0.2, 0.25) is 0 Å². The number of aryl methyl sites for hydroxylation is 1. The number of imide groups is 1. The average molecular weight is 440 g/mol. The Balaban J connectivity index is 1.52. The summed E-state index contributed by atoms with van der Waals surface area (Å²) >= 11 is 0. The quantitative estimate of drug-likeness (QED) is 0.670. The lowest BCUT2D eigenvalue weighted by Gasteiger charge is -2.42. The third kappa shape index (κ3) is 4.11. The summed E-state index contributed by atoms with van der Waals surface area (Å²) in [7, 11) is 1.62. The number of H-pyrrole nitrogens is 1. The lowest BCUT2D eigenvalue weighted by Crippen LogP contribution is -2.57. The molecule has 8 heteroatoms. The van der Waals surface area contributed by atoms with E-state index in [0.29, 0.717) is 19.4 Å². The van der Waals surface area contributed by atoms with E-state index in [1.165, 1.54) is 4.90 Å². The van der Waals surface area contributed by atoms with Crippen LogP contribution in [0.5, 0.6) is 5.75 Å². The molecule has 1 aromatic heterocycles. The van der Waals surface area contributed by atoms with Crippen molar-refractivity contribution in [2.75, 3.05) is 26.7 Å². The second kappa shape index (κ2) is 8.94. The summed E-state index contributed by atoms with van der Waals surface area (Å²) in [6.45, 7) is 9.35. The van der Waals surface area contributed by atoms with Crippen LogP contribution in [0.25, 0.3) is 0 Å². The zero-order chi connectivity index (χ0) is 22.9. The molecule has 1 aromatic carbocycles. The molecule has 3 heterocycles. The number of nitrogens with zero attached hydrogens (tertiary/aromatic N) is 4. The molecule has 2 saturated heterocycles. The van der Waals surface area contributed by atoms with E-state index in [2.05, 4.69) is 28.7 Å². The molecule has 3 amide bonds. The van der Waals surface area contributed by atoms with E-state index in [4.69, 9.17) is 4.74 Å². The van der Waals surface area contributed by atoms with Crippen LogP contribution < -0.4 is 4.74 Å². The SMILES string of the molecule is COc1ccc(CN2C(=O)N(CC(C)C)C3(CCN(Cc4nc[nH]c4C)CC3)C2=O)cc1. The van der Waals surface area contributed by atoms with Crippen LogP contribution in [0.3, 0.4) is 0 Å². The number of carbonyl (C=O) groups is 2. The van der Waals surface area contributed by atoms with Gasteiger partial charge in [0.05, 0.1) is 25.7 Å². The highest BCUT2D eigenvalue weighted by Crippen LogP contribution is 2.39. The highest BCUT2D eigenvalue weighted by atomic mass is 16.5. The molecule has 32 heavy (non-hydrogen) atoms. The summed E-state index contributed by atoms with van der Waals surface area (Å²) in [4.78, 5) is 40.3. The van der Waals surface area contributed by atoms with Crippen LogP contribution in [0.1, 0.15) is 43.6 Å². The third-order valence-corrected chi connectivity index (χ3v) is 6.66. The number of hydrogen-bond acceptors (Lipinski definition) is 5. The number of likely N-dealkylation sites (tertiary alicyclic amines) is 1.